The third kappa shape index (κ3) is 1.82. The Morgan fingerprint density at radius 2 is 2.14 bits per heavy atom. The molecule has 1 spiro atoms. The SMILES string of the molecule is O=C([O-])C1C2C=CC3(CN(CCc4ccccc4)C(=O)C13)O2. The van der Waals surface area contributed by atoms with E-state index in [0.29, 0.717) is 13.1 Å². The van der Waals surface area contributed by atoms with E-state index in [1.165, 1.54) is 0 Å². The van der Waals surface area contributed by atoms with Gasteiger partial charge in [0.25, 0.3) is 0 Å². The van der Waals surface area contributed by atoms with Gasteiger partial charge in [0.05, 0.1) is 18.6 Å². The Bertz CT molecular complexity index is 656. The Hall–Kier alpha value is -2.14. The predicted molar refractivity (Wildman–Crippen MR) is 75.5 cm³/mol. The summed E-state index contributed by atoms with van der Waals surface area (Å²) in [5, 5.41) is 11.4. The highest BCUT2D eigenvalue weighted by molar-refractivity contribution is 5.90. The molecule has 4 atom stereocenters. The standard InChI is InChI=1S/C17H17NO4/c19-15-14-13(16(20)21)12-6-8-17(14,22-12)10-18(15)9-7-11-4-2-1-3-5-11/h1-6,8,12-14H,7,9-10H2,(H,20,21)/p-1. The molecule has 22 heavy (non-hydrogen) atoms. The molecule has 3 heterocycles. The molecule has 3 aliphatic rings. The van der Waals surface area contributed by atoms with Crippen LogP contribution in [0, 0.1) is 11.8 Å². The van der Waals surface area contributed by atoms with Crippen LogP contribution in [-0.4, -0.2) is 41.6 Å². The van der Waals surface area contributed by atoms with E-state index in [1.54, 1.807) is 11.0 Å². The summed E-state index contributed by atoms with van der Waals surface area (Å²) in [6.07, 6.45) is 3.85. The third-order valence-electron chi connectivity index (χ3n) is 4.96. The fourth-order valence-electron chi connectivity index (χ4n) is 3.95. The van der Waals surface area contributed by atoms with Crippen LogP contribution < -0.4 is 5.11 Å². The summed E-state index contributed by atoms with van der Waals surface area (Å²) in [6, 6.07) is 9.93. The van der Waals surface area contributed by atoms with E-state index in [4.69, 9.17) is 4.74 Å². The topological polar surface area (TPSA) is 69.7 Å². The van der Waals surface area contributed by atoms with E-state index >= 15 is 0 Å². The van der Waals surface area contributed by atoms with Crippen LogP contribution in [0.4, 0.5) is 0 Å². The van der Waals surface area contributed by atoms with Gasteiger partial charge in [-0.05, 0) is 12.0 Å². The van der Waals surface area contributed by atoms with Crippen molar-refractivity contribution < 1.29 is 19.4 Å². The molecule has 0 radical (unpaired) electrons. The summed E-state index contributed by atoms with van der Waals surface area (Å²) in [4.78, 5) is 25.7. The van der Waals surface area contributed by atoms with Gasteiger partial charge >= 0.3 is 0 Å². The van der Waals surface area contributed by atoms with E-state index in [1.807, 2.05) is 36.4 Å². The summed E-state index contributed by atoms with van der Waals surface area (Å²) in [7, 11) is 0. The van der Waals surface area contributed by atoms with Crippen molar-refractivity contribution >= 4 is 11.9 Å². The van der Waals surface area contributed by atoms with Crippen molar-refractivity contribution in [2.45, 2.75) is 18.1 Å². The number of rotatable bonds is 4. The van der Waals surface area contributed by atoms with Gasteiger partial charge in [0, 0.05) is 18.4 Å². The molecule has 1 aromatic rings. The number of carboxylic acid groups (broad SMARTS) is 1. The van der Waals surface area contributed by atoms with Gasteiger partial charge in [-0.1, -0.05) is 42.5 Å². The smallest absolute Gasteiger partial charge is 0.229 e. The van der Waals surface area contributed by atoms with Crippen molar-refractivity contribution in [1.29, 1.82) is 0 Å². The number of hydrogen-bond acceptors (Lipinski definition) is 4. The van der Waals surface area contributed by atoms with Crippen molar-refractivity contribution in [1.82, 2.24) is 4.90 Å². The first-order valence-corrected chi connectivity index (χ1v) is 7.51. The molecule has 3 aliphatic heterocycles. The lowest BCUT2D eigenvalue weighted by molar-refractivity contribution is -0.313. The Kier molecular flexibility index (Phi) is 2.87. The third-order valence-corrected chi connectivity index (χ3v) is 4.96. The van der Waals surface area contributed by atoms with E-state index < -0.39 is 29.5 Å². The van der Waals surface area contributed by atoms with Gasteiger partial charge in [-0.2, -0.15) is 0 Å². The normalized spacial score (nSPS) is 35.2. The van der Waals surface area contributed by atoms with Crippen molar-refractivity contribution in [3.8, 4) is 0 Å². The first kappa shape index (κ1) is 13.5. The molecular formula is C17H16NO4-. The van der Waals surface area contributed by atoms with Gasteiger partial charge in [-0.3, -0.25) is 4.79 Å². The fraction of sp³-hybridized carbons (Fsp3) is 0.412. The number of ether oxygens (including phenoxy) is 1. The van der Waals surface area contributed by atoms with Crippen LogP contribution in [0.5, 0.6) is 0 Å². The number of fused-ring (bicyclic) bond motifs is 1. The Balaban J connectivity index is 1.53. The van der Waals surface area contributed by atoms with E-state index in [-0.39, 0.29) is 5.91 Å². The summed E-state index contributed by atoms with van der Waals surface area (Å²) in [6.45, 7) is 1.00. The molecule has 0 N–H and O–H groups in total. The number of carbonyl (C=O) groups is 2. The van der Waals surface area contributed by atoms with E-state index in [0.717, 1.165) is 12.0 Å². The van der Waals surface area contributed by atoms with Gasteiger partial charge in [-0.15, -0.1) is 0 Å². The number of carboxylic acids is 1. The van der Waals surface area contributed by atoms with Crippen molar-refractivity contribution in [3.63, 3.8) is 0 Å². The average molecular weight is 298 g/mol. The summed E-state index contributed by atoms with van der Waals surface area (Å²) in [5.74, 6) is -2.82. The molecule has 2 saturated heterocycles. The van der Waals surface area contributed by atoms with Gasteiger partial charge < -0.3 is 19.5 Å². The highest BCUT2D eigenvalue weighted by Gasteiger charge is 2.65. The molecule has 0 aliphatic carbocycles. The van der Waals surface area contributed by atoms with Gasteiger partial charge in [0.2, 0.25) is 5.91 Å². The van der Waals surface area contributed by atoms with Gasteiger partial charge in [0.15, 0.2) is 0 Å². The highest BCUT2D eigenvalue weighted by Crippen LogP contribution is 2.51. The van der Waals surface area contributed by atoms with Gasteiger partial charge in [0.1, 0.15) is 5.60 Å². The first-order valence-electron chi connectivity index (χ1n) is 7.51. The molecular weight excluding hydrogens is 282 g/mol. The second-order valence-electron chi connectivity index (χ2n) is 6.21. The molecule has 0 aromatic heterocycles. The highest BCUT2D eigenvalue weighted by atomic mass is 16.5. The molecule has 4 rings (SSSR count). The van der Waals surface area contributed by atoms with Crippen LogP contribution in [0.3, 0.4) is 0 Å². The molecule has 2 bridgehead atoms. The van der Waals surface area contributed by atoms with E-state index in [2.05, 4.69) is 0 Å². The van der Waals surface area contributed by atoms with Crippen molar-refractivity contribution in [2.24, 2.45) is 11.8 Å². The molecule has 1 aromatic carbocycles. The van der Waals surface area contributed by atoms with Crippen LogP contribution in [0.15, 0.2) is 42.5 Å². The number of nitrogens with zero attached hydrogens (tertiary/aromatic N) is 1. The second kappa shape index (κ2) is 4.68. The lowest BCUT2D eigenvalue weighted by Crippen LogP contribution is -2.45. The zero-order valence-corrected chi connectivity index (χ0v) is 12.0. The van der Waals surface area contributed by atoms with Crippen molar-refractivity contribution in [3.05, 3.63) is 48.0 Å². The average Bonchev–Trinajstić information content (AvgIpc) is 3.14. The lowest BCUT2D eigenvalue weighted by atomic mass is 9.77. The van der Waals surface area contributed by atoms with E-state index in [9.17, 15) is 14.7 Å². The maximum Gasteiger partial charge on any atom is 0.229 e. The zero-order chi connectivity index (χ0) is 15.3. The minimum absolute atomic E-state index is 0.128. The molecule has 5 heteroatoms. The molecule has 1 amide bonds. The fourth-order valence-corrected chi connectivity index (χ4v) is 3.95. The molecule has 4 unspecified atom stereocenters. The van der Waals surface area contributed by atoms with Crippen LogP contribution in [0.1, 0.15) is 5.56 Å². The largest absolute Gasteiger partial charge is 0.550 e. The number of hydrogen-bond donors (Lipinski definition) is 0. The number of benzene rings is 1. The Labute approximate surface area is 128 Å². The minimum Gasteiger partial charge on any atom is -0.550 e. The van der Waals surface area contributed by atoms with Gasteiger partial charge in [-0.25, -0.2) is 0 Å². The zero-order valence-electron chi connectivity index (χ0n) is 12.0. The lowest BCUT2D eigenvalue weighted by Gasteiger charge is -2.24. The second-order valence-corrected chi connectivity index (χ2v) is 6.21. The van der Waals surface area contributed by atoms with Crippen LogP contribution in [-0.2, 0) is 20.7 Å². The van der Waals surface area contributed by atoms with Crippen molar-refractivity contribution in [2.75, 3.05) is 13.1 Å². The summed E-state index contributed by atoms with van der Waals surface area (Å²) in [5.41, 5.74) is 0.394. The van der Waals surface area contributed by atoms with Crippen LogP contribution in [0.25, 0.3) is 0 Å². The maximum atomic E-state index is 12.6. The molecule has 5 nitrogen and oxygen atoms in total. The number of likely N-dealkylation sites (tertiary alicyclic amines) is 1. The Morgan fingerprint density at radius 1 is 1.36 bits per heavy atom. The number of aliphatic carboxylic acids is 1. The van der Waals surface area contributed by atoms with Crippen LogP contribution >= 0.6 is 0 Å². The molecule has 114 valence electrons. The number of carbonyl (C=O) groups excluding carboxylic acids is 2. The minimum atomic E-state index is -1.19. The Morgan fingerprint density at radius 3 is 2.86 bits per heavy atom. The number of amides is 1. The molecule has 0 saturated carbocycles. The summed E-state index contributed by atoms with van der Waals surface area (Å²) >= 11 is 0. The predicted octanol–water partition coefficient (Wildman–Crippen LogP) is -0.239. The monoisotopic (exact) mass is 298 g/mol. The van der Waals surface area contributed by atoms with Crippen LogP contribution in [0.2, 0.25) is 0 Å². The quantitative estimate of drug-likeness (QED) is 0.720. The maximum absolute atomic E-state index is 12.6. The molecule has 2 fully saturated rings. The summed E-state index contributed by atoms with van der Waals surface area (Å²) < 4.78 is 5.82. The first-order chi connectivity index (χ1) is 10.6.